The Labute approximate surface area is 152 Å². The normalized spacial score (nSPS) is 19.9. The molecule has 4 rings (SSSR count). The molecule has 1 N–H and O–H groups in total. The Balaban J connectivity index is 1.72. The van der Waals surface area contributed by atoms with E-state index in [9.17, 15) is 0 Å². The van der Waals surface area contributed by atoms with Crippen LogP contribution in [0, 0.1) is 6.92 Å². The van der Waals surface area contributed by atoms with Gasteiger partial charge in [-0.3, -0.25) is 4.98 Å². The zero-order valence-corrected chi connectivity index (χ0v) is 14.7. The van der Waals surface area contributed by atoms with Crippen molar-refractivity contribution in [2.24, 2.45) is 0 Å². The van der Waals surface area contributed by atoms with E-state index >= 15 is 0 Å². The molecule has 0 unspecified atom stereocenters. The first kappa shape index (κ1) is 15.8. The van der Waals surface area contributed by atoms with E-state index in [2.05, 4.69) is 27.3 Å². The Morgan fingerprint density at radius 3 is 2.56 bits per heavy atom. The molecule has 0 saturated carbocycles. The molecule has 1 fully saturated rings. The van der Waals surface area contributed by atoms with E-state index < -0.39 is 0 Å². The minimum absolute atomic E-state index is 0.0312. The maximum absolute atomic E-state index is 5.97. The summed E-state index contributed by atoms with van der Waals surface area (Å²) < 4.78 is 5.97. The first-order valence-corrected chi connectivity index (χ1v) is 8.71. The summed E-state index contributed by atoms with van der Waals surface area (Å²) in [5, 5.41) is 4.15. The fourth-order valence-electron chi connectivity index (χ4n) is 3.28. The smallest absolute Gasteiger partial charge is 0.170 e. The van der Waals surface area contributed by atoms with E-state index in [4.69, 9.17) is 16.6 Å². The van der Waals surface area contributed by atoms with Crippen molar-refractivity contribution in [3.05, 3.63) is 89.6 Å². The fraction of sp³-hybridized carbons (Fsp3) is 0.200. The zero-order valence-electron chi connectivity index (χ0n) is 13.9. The SMILES string of the molecule is Cc1ccc([C@H]2[C@H](c3ccccn3)NC(=S)N2Cc2ccccc2)o1. The lowest BCUT2D eigenvalue weighted by Gasteiger charge is -2.26. The van der Waals surface area contributed by atoms with Crippen LogP contribution in [0.1, 0.15) is 34.9 Å². The highest BCUT2D eigenvalue weighted by Gasteiger charge is 2.41. The quantitative estimate of drug-likeness (QED) is 0.717. The molecule has 0 bridgehead atoms. The predicted molar refractivity (Wildman–Crippen MR) is 101 cm³/mol. The molecule has 0 aliphatic carbocycles. The molecule has 5 heteroatoms. The minimum Gasteiger partial charge on any atom is -0.464 e. The number of hydrogen-bond acceptors (Lipinski definition) is 3. The number of benzene rings is 1. The van der Waals surface area contributed by atoms with Gasteiger partial charge in [-0.05, 0) is 49.0 Å². The average Bonchev–Trinajstić information content (AvgIpc) is 3.20. The maximum atomic E-state index is 5.97. The standard InChI is InChI=1S/C20H19N3OS/c1-14-10-11-17(24-14)19-18(16-9-5-6-12-21-16)22-20(25)23(19)13-15-7-3-2-4-8-15/h2-12,18-19H,13H2,1H3,(H,22,25)/t18-,19-/m0/s1. The Morgan fingerprint density at radius 1 is 1.08 bits per heavy atom. The molecule has 25 heavy (non-hydrogen) atoms. The lowest BCUT2D eigenvalue weighted by molar-refractivity contribution is 0.264. The maximum Gasteiger partial charge on any atom is 0.170 e. The van der Waals surface area contributed by atoms with Gasteiger partial charge in [0.25, 0.3) is 0 Å². The van der Waals surface area contributed by atoms with Crippen molar-refractivity contribution in [3.8, 4) is 0 Å². The first-order valence-electron chi connectivity index (χ1n) is 8.31. The number of hydrogen-bond donors (Lipinski definition) is 1. The van der Waals surface area contributed by atoms with Crippen LogP contribution >= 0.6 is 12.2 Å². The van der Waals surface area contributed by atoms with Crippen molar-refractivity contribution >= 4 is 17.3 Å². The molecule has 1 saturated heterocycles. The van der Waals surface area contributed by atoms with Crippen molar-refractivity contribution in [1.82, 2.24) is 15.2 Å². The Morgan fingerprint density at radius 2 is 1.88 bits per heavy atom. The van der Waals surface area contributed by atoms with E-state index in [1.54, 1.807) is 0 Å². The number of pyridine rings is 1. The van der Waals surface area contributed by atoms with Crippen molar-refractivity contribution in [2.45, 2.75) is 25.6 Å². The number of rotatable bonds is 4. The van der Waals surface area contributed by atoms with Gasteiger partial charge in [0.1, 0.15) is 17.6 Å². The topological polar surface area (TPSA) is 41.3 Å². The second kappa shape index (κ2) is 6.69. The van der Waals surface area contributed by atoms with Crippen LogP contribution in [0.3, 0.4) is 0 Å². The molecule has 1 aliphatic heterocycles. The molecular weight excluding hydrogens is 330 g/mol. The summed E-state index contributed by atoms with van der Waals surface area (Å²) in [6, 6.07) is 20.2. The number of aryl methyl sites for hydroxylation is 1. The van der Waals surface area contributed by atoms with Crippen molar-refractivity contribution in [2.75, 3.05) is 0 Å². The van der Waals surface area contributed by atoms with E-state index in [0.29, 0.717) is 0 Å². The van der Waals surface area contributed by atoms with Gasteiger partial charge >= 0.3 is 0 Å². The molecule has 3 aromatic rings. The average molecular weight is 349 g/mol. The van der Waals surface area contributed by atoms with Gasteiger partial charge in [0, 0.05) is 12.7 Å². The summed E-state index contributed by atoms with van der Waals surface area (Å²) in [7, 11) is 0. The predicted octanol–water partition coefficient (Wildman–Crippen LogP) is 4.16. The van der Waals surface area contributed by atoms with Crippen LogP contribution in [-0.2, 0) is 6.54 Å². The highest BCUT2D eigenvalue weighted by atomic mass is 32.1. The second-order valence-corrected chi connectivity index (χ2v) is 6.58. The minimum atomic E-state index is -0.0389. The van der Waals surface area contributed by atoms with Crippen LogP contribution in [0.15, 0.2) is 71.3 Å². The summed E-state index contributed by atoms with van der Waals surface area (Å²) in [5.41, 5.74) is 2.17. The highest BCUT2D eigenvalue weighted by Crippen LogP contribution is 2.39. The van der Waals surface area contributed by atoms with Crippen molar-refractivity contribution < 1.29 is 4.42 Å². The highest BCUT2D eigenvalue weighted by molar-refractivity contribution is 7.80. The molecular formula is C20H19N3OS. The fourth-order valence-corrected chi connectivity index (χ4v) is 3.58. The van der Waals surface area contributed by atoms with E-state index in [1.807, 2.05) is 61.7 Å². The Bertz CT molecular complexity index is 863. The van der Waals surface area contributed by atoms with Crippen LogP contribution in [0.5, 0.6) is 0 Å². The molecule has 1 aromatic carbocycles. The molecule has 0 amide bonds. The number of nitrogens with one attached hydrogen (secondary N) is 1. The van der Waals surface area contributed by atoms with Gasteiger partial charge < -0.3 is 14.6 Å². The molecule has 4 nitrogen and oxygen atoms in total. The lowest BCUT2D eigenvalue weighted by Crippen LogP contribution is -2.29. The van der Waals surface area contributed by atoms with Gasteiger partial charge in [-0.1, -0.05) is 36.4 Å². The van der Waals surface area contributed by atoms with Crippen LogP contribution in [0.2, 0.25) is 0 Å². The van der Waals surface area contributed by atoms with Crippen LogP contribution in [-0.4, -0.2) is 15.0 Å². The van der Waals surface area contributed by atoms with E-state index in [-0.39, 0.29) is 12.1 Å². The third-order valence-corrected chi connectivity index (χ3v) is 4.80. The zero-order chi connectivity index (χ0) is 17.2. The molecule has 126 valence electrons. The number of nitrogens with zero attached hydrogens (tertiary/aromatic N) is 2. The van der Waals surface area contributed by atoms with Crippen molar-refractivity contribution in [1.29, 1.82) is 0 Å². The summed E-state index contributed by atoms with van der Waals surface area (Å²) in [5.74, 6) is 1.80. The largest absolute Gasteiger partial charge is 0.464 e. The van der Waals surface area contributed by atoms with Crippen molar-refractivity contribution in [3.63, 3.8) is 0 Å². The van der Waals surface area contributed by atoms with Gasteiger partial charge in [-0.2, -0.15) is 0 Å². The molecule has 0 spiro atoms. The molecule has 2 atom stereocenters. The molecule has 2 aromatic heterocycles. The summed E-state index contributed by atoms with van der Waals surface area (Å²) in [6.07, 6.45) is 1.81. The summed E-state index contributed by atoms with van der Waals surface area (Å²) in [4.78, 5) is 6.71. The first-order chi connectivity index (χ1) is 12.2. The van der Waals surface area contributed by atoms with E-state index in [1.165, 1.54) is 5.56 Å². The molecule has 1 aliphatic rings. The van der Waals surface area contributed by atoms with Gasteiger partial charge in [0.05, 0.1) is 11.7 Å². The Kier molecular flexibility index (Phi) is 4.24. The van der Waals surface area contributed by atoms with Gasteiger partial charge in [0.15, 0.2) is 5.11 Å². The third-order valence-electron chi connectivity index (χ3n) is 4.45. The van der Waals surface area contributed by atoms with Crippen LogP contribution in [0.25, 0.3) is 0 Å². The summed E-state index contributed by atoms with van der Waals surface area (Å²) in [6.45, 7) is 2.68. The van der Waals surface area contributed by atoms with Crippen LogP contribution < -0.4 is 5.32 Å². The molecule has 0 radical (unpaired) electrons. The third kappa shape index (κ3) is 3.15. The number of thiocarbonyl (C=S) groups is 1. The van der Waals surface area contributed by atoms with Gasteiger partial charge in [0.2, 0.25) is 0 Å². The number of furan rings is 1. The van der Waals surface area contributed by atoms with E-state index in [0.717, 1.165) is 28.9 Å². The van der Waals surface area contributed by atoms with Crippen LogP contribution in [0.4, 0.5) is 0 Å². The summed E-state index contributed by atoms with van der Waals surface area (Å²) >= 11 is 5.65. The monoisotopic (exact) mass is 349 g/mol. The number of aromatic nitrogens is 1. The second-order valence-electron chi connectivity index (χ2n) is 6.19. The lowest BCUT2D eigenvalue weighted by atomic mass is 10.0. The molecule has 3 heterocycles. The van der Waals surface area contributed by atoms with Gasteiger partial charge in [-0.25, -0.2) is 0 Å². The Hall–Kier alpha value is -2.66. The van der Waals surface area contributed by atoms with Gasteiger partial charge in [-0.15, -0.1) is 0 Å².